The highest BCUT2D eigenvalue weighted by atomic mass is 16.5. The van der Waals surface area contributed by atoms with E-state index in [2.05, 4.69) is 0 Å². The van der Waals surface area contributed by atoms with Crippen LogP contribution in [0.2, 0.25) is 0 Å². The molecule has 1 saturated heterocycles. The maximum atomic E-state index is 8.93. The second kappa shape index (κ2) is 2.44. The van der Waals surface area contributed by atoms with Gasteiger partial charge in [0.2, 0.25) is 0 Å². The molecule has 48 valence electrons. The van der Waals surface area contributed by atoms with Crippen molar-refractivity contribution in [2.24, 2.45) is 5.73 Å². The van der Waals surface area contributed by atoms with Gasteiger partial charge in [-0.1, -0.05) is 0 Å². The molecule has 3 N–H and O–H groups in total. The van der Waals surface area contributed by atoms with E-state index < -0.39 is 12.3 Å². The Morgan fingerprint density at radius 2 is 2.38 bits per heavy atom. The molecule has 0 bridgehead atoms. The van der Waals surface area contributed by atoms with Crippen LogP contribution in [0.15, 0.2) is 0 Å². The van der Waals surface area contributed by atoms with Crippen LogP contribution in [-0.2, 0) is 4.74 Å². The number of hydrogen-bond donors (Lipinski definition) is 2. The van der Waals surface area contributed by atoms with Gasteiger partial charge in [-0.3, -0.25) is 0 Å². The van der Waals surface area contributed by atoms with Crippen LogP contribution in [0.1, 0.15) is 12.8 Å². The van der Waals surface area contributed by atoms with Gasteiger partial charge in [0, 0.05) is 6.61 Å². The minimum absolute atomic E-state index is 0.441. The summed E-state index contributed by atoms with van der Waals surface area (Å²) in [6, 6.07) is 0. The molecular formula is C5H11NO2. The first-order valence-corrected chi connectivity index (χ1v) is 2.86. The lowest BCUT2D eigenvalue weighted by molar-refractivity contribution is -0.0698. The largest absolute Gasteiger partial charge is 0.389 e. The lowest BCUT2D eigenvalue weighted by Gasteiger charge is -2.23. The minimum atomic E-state index is -0.441. The van der Waals surface area contributed by atoms with Crippen LogP contribution in [0.3, 0.4) is 0 Å². The third-order valence-corrected chi connectivity index (χ3v) is 1.33. The van der Waals surface area contributed by atoms with Crippen molar-refractivity contribution < 1.29 is 9.84 Å². The molecule has 0 saturated carbocycles. The van der Waals surface area contributed by atoms with Crippen LogP contribution < -0.4 is 5.73 Å². The summed E-state index contributed by atoms with van der Waals surface area (Å²) in [5, 5.41) is 8.93. The molecule has 1 aliphatic rings. The molecule has 1 fully saturated rings. The quantitative estimate of drug-likeness (QED) is 0.447. The average Bonchev–Trinajstić information content (AvgIpc) is 1.77. The SMILES string of the molecule is NC1OCCCC1O. The van der Waals surface area contributed by atoms with Crippen molar-refractivity contribution in [3.05, 3.63) is 0 Å². The standard InChI is InChI=1S/C5H11NO2/c6-5-4(7)2-1-3-8-5/h4-5,7H,1-3,6H2. The summed E-state index contributed by atoms with van der Waals surface area (Å²) >= 11 is 0. The smallest absolute Gasteiger partial charge is 0.131 e. The molecule has 0 aromatic carbocycles. The zero-order valence-electron chi connectivity index (χ0n) is 4.71. The topological polar surface area (TPSA) is 55.5 Å². The molecule has 0 aliphatic carbocycles. The molecule has 0 radical (unpaired) electrons. The van der Waals surface area contributed by atoms with Crippen molar-refractivity contribution in [2.75, 3.05) is 6.61 Å². The molecule has 2 atom stereocenters. The normalized spacial score (nSPS) is 39.8. The molecule has 8 heavy (non-hydrogen) atoms. The summed E-state index contributed by atoms with van der Waals surface area (Å²) in [6.45, 7) is 0.693. The van der Waals surface area contributed by atoms with Gasteiger partial charge in [-0.25, -0.2) is 0 Å². The maximum absolute atomic E-state index is 8.93. The Morgan fingerprint density at radius 3 is 2.75 bits per heavy atom. The molecule has 0 aromatic heterocycles. The van der Waals surface area contributed by atoms with Gasteiger partial charge in [-0.15, -0.1) is 0 Å². The summed E-state index contributed by atoms with van der Waals surface area (Å²) < 4.78 is 4.92. The van der Waals surface area contributed by atoms with Gasteiger partial charge in [0.15, 0.2) is 0 Å². The molecule has 3 heteroatoms. The van der Waals surface area contributed by atoms with Gasteiger partial charge in [0.25, 0.3) is 0 Å². The third kappa shape index (κ3) is 1.18. The zero-order chi connectivity index (χ0) is 5.98. The fraction of sp³-hybridized carbons (Fsp3) is 1.00. The van der Waals surface area contributed by atoms with E-state index in [0.29, 0.717) is 6.61 Å². The van der Waals surface area contributed by atoms with Crippen molar-refractivity contribution in [2.45, 2.75) is 25.2 Å². The van der Waals surface area contributed by atoms with E-state index in [-0.39, 0.29) is 0 Å². The highest BCUT2D eigenvalue weighted by Gasteiger charge is 2.18. The van der Waals surface area contributed by atoms with Crippen LogP contribution >= 0.6 is 0 Å². The third-order valence-electron chi connectivity index (χ3n) is 1.33. The summed E-state index contributed by atoms with van der Waals surface area (Å²) in [5.74, 6) is 0. The van der Waals surface area contributed by atoms with Crippen molar-refractivity contribution >= 4 is 0 Å². The lowest BCUT2D eigenvalue weighted by atomic mass is 10.1. The maximum Gasteiger partial charge on any atom is 0.131 e. The Balaban J connectivity index is 2.28. The van der Waals surface area contributed by atoms with Gasteiger partial charge in [-0.2, -0.15) is 0 Å². The Morgan fingerprint density at radius 1 is 1.62 bits per heavy atom. The van der Waals surface area contributed by atoms with E-state index in [9.17, 15) is 0 Å². The van der Waals surface area contributed by atoms with E-state index in [1.54, 1.807) is 0 Å². The number of aliphatic hydroxyl groups excluding tert-OH is 1. The molecule has 0 aromatic rings. The van der Waals surface area contributed by atoms with E-state index in [4.69, 9.17) is 15.6 Å². The Bertz CT molecular complexity index is 66.8. The summed E-state index contributed by atoms with van der Waals surface area (Å²) in [5.41, 5.74) is 5.31. The van der Waals surface area contributed by atoms with Gasteiger partial charge in [-0.05, 0) is 12.8 Å². The first kappa shape index (κ1) is 6.01. The van der Waals surface area contributed by atoms with Crippen molar-refractivity contribution in [1.29, 1.82) is 0 Å². The molecule has 0 spiro atoms. The highest BCUT2D eigenvalue weighted by molar-refractivity contribution is 4.66. The zero-order valence-corrected chi connectivity index (χ0v) is 4.71. The molecule has 1 heterocycles. The number of nitrogens with two attached hydrogens (primary N) is 1. The van der Waals surface area contributed by atoms with Gasteiger partial charge in [0.05, 0.1) is 6.10 Å². The molecular weight excluding hydrogens is 106 g/mol. The summed E-state index contributed by atoms with van der Waals surface area (Å²) in [4.78, 5) is 0. The predicted octanol–water partition coefficient (Wildman–Crippen LogP) is -0.558. The van der Waals surface area contributed by atoms with E-state index in [0.717, 1.165) is 12.8 Å². The van der Waals surface area contributed by atoms with Crippen molar-refractivity contribution in [3.63, 3.8) is 0 Å². The molecule has 2 unspecified atom stereocenters. The summed E-state index contributed by atoms with van der Waals surface area (Å²) in [6.07, 6.45) is 0.822. The fourth-order valence-electron chi connectivity index (χ4n) is 0.787. The van der Waals surface area contributed by atoms with E-state index >= 15 is 0 Å². The Kier molecular flexibility index (Phi) is 1.83. The van der Waals surface area contributed by atoms with E-state index in [1.807, 2.05) is 0 Å². The first-order chi connectivity index (χ1) is 3.80. The van der Waals surface area contributed by atoms with Crippen LogP contribution in [-0.4, -0.2) is 24.0 Å². The van der Waals surface area contributed by atoms with Crippen LogP contribution in [0, 0.1) is 0 Å². The van der Waals surface area contributed by atoms with E-state index in [1.165, 1.54) is 0 Å². The van der Waals surface area contributed by atoms with Gasteiger partial charge >= 0.3 is 0 Å². The Hall–Kier alpha value is -0.120. The fourth-order valence-corrected chi connectivity index (χ4v) is 0.787. The highest BCUT2D eigenvalue weighted by Crippen LogP contribution is 2.08. The summed E-state index contributed by atoms with van der Waals surface area (Å²) in [7, 11) is 0. The van der Waals surface area contributed by atoms with Crippen LogP contribution in [0.5, 0.6) is 0 Å². The van der Waals surface area contributed by atoms with Crippen molar-refractivity contribution in [3.8, 4) is 0 Å². The van der Waals surface area contributed by atoms with Crippen LogP contribution in [0.4, 0.5) is 0 Å². The first-order valence-electron chi connectivity index (χ1n) is 2.86. The van der Waals surface area contributed by atoms with Gasteiger partial charge in [0.1, 0.15) is 6.23 Å². The Labute approximate surface area is 48.4 Å². The number of aliphatic hydroxyl groups is 1. The van der Waals surface area contributed by atoms with Crippen LogP contribution in [0.25, 0.3) is 0 Å². The second-order valence-corrected chi connectivity index (χ2v) is 2.04. The number of hydrogen-bond acceptors (Lipinski definition) is 3. The molecule has 1 rings (SSSR count). The number of rotatable bonds is 0. The lowest BCUT2D eigenvalue weighted by Crippen LogP contribution is -2.40. The second-order valence-electron chi connectivity index (χ2n) is 2.04. The predicted molar refractivity (Wildman–Crippen MR) is 29.2 cm³/mol. The molecule has 0 amide bonds. The molecule has 3 nitrogen and oxygen atoms in total. The average molecular weight is 117 g/mol. The number of ether oxygens (including phenoxy) is 1. The minimum Gasteiger partial charge on any atom is -0.389 e. The monoisotopic (exact) mass is 117 g/mol. The van der Waals surface area contributed by atoms with Crippen molar-refractivity contribution in [1.82, 2.24) is 0 Å². The van der Waals surface area contributed by atoms with Gasteiger partial charge < -0.3 is 15.6 Å². The molecule has 1 aliphatic heterocycles.